The highest BCUT2D eigenvalue weighted by molar-refractivity contribution is 5.87. The first-order chi connectivity index (χ1) is 10.7. The van der Waals surface area contributed by atoms with E-state index in [1.807, 2.05) is 6.92 Å². The first kappa shape index (κ1) is 17.4. The fraction of sp³-hybridized carbons (Fsp3) is 0.769. The number of nitrogens with zero attached hydrogens (tertiary/aromatic N) is 2. The number of carbonyl (C=O) groups excluding carboxylic acids is 3. The largest absolute Gasteiger partial charge is 0.471 e. The Morgan fingerprint density at radius 1 is 1.30 bits per heavy atom. The number of piperidine rings is 1. The maximum absolute atomic E-state index is 12.1. The van der Waals surface area contributed by atoms with Gasteiger partial charge in [-0.1, -0.05) is 0 Å². The Bertz CT molecular complexity index is 489. The lowest BCUT2D eigenvalue weighted by atomic mass is 10.0. The molecule has 23 heavy (non-hydrogen) atoms. The summed E-state index contributed by atoms with van der Waals surface area (Å²) < 4.78 is 41.1. The van der Waals surface area contributed by atoms with E-state index >= 15 is 0 Å². The monoisotopic (exact) mass is 337 g/mol. The number of cyclic esters (lactones) is 1. The van der Waals surface area contributed by atoms with Crippen LogP contribution in [0.5, 0.6) is 0 Å². The molecule has 0 radical (unpaired) electrons. The normalized spacial score (nSPS) is 23.0. The van der Waals surface area contributed by atoms with E-state index in [1.54, 1.807) is 10.2 Å². The Kier molecular flexibility index (Phi) is 5.00. The summed E-state index contributed by atoms with van der Waals surface area (Å²) in [7, 11) is 0. The molecule has 0 saturated carbocycles. The van der Waals surface area contributed by atoms with Crippen molar-refractivity contribution in [3.05, 3.63) is 0 Å². The second-order valence-electron chi connectivity index (χ2n) is 5.63. The van der Waals surface area contributed by atoms with Gasteiger partial charge in [-0.25, -0.2) is 4.79 Å². The van der Waals surface area contributed by atoms with E-state index in [0.717, 1.165) is 0 Å². The molecule has 7 nitrogen and oxygen atoms in total. The van der Waals surface area contributed by atoms with Crippen molar-refractivity contribution < 1.29 is 32.3 Å². The Morgan fingerprint density at radius 3 is 2.39 bits per heavy atom. The second kappa shape index (κ2) is 6.63. The minimum Gasteiger partial charge on any atom is -0.447 e. The molecule has 2 fully saturated rings. The van der Waals surface area contributed by atoms with Crippen LogP contribution in [0.3, 0.4) is 0 Å². The molecule has 0 spiro atoms. The van der Waals surface area contributed by atoms with E-state index in [4.69, 9.17) is 4.74 Å². The van der Waals surface area contributed by atoms with Crippen LogP contribution < -0.4 is 5.32 Å². The Hall–Kier alpha value is -2.00. The molecule has 2 heterocycles. The van der Waals surface area contributed by atoms with Crippen LogP contribution in [0, 0.1) is 0 Å². The molecule has 2 aliphatic rings. The Balaban J connectivity index is 1.79. The molecule has 130 valence electrons. The van der Waals surface area contributed by atoms with Crippen molar-refractivity contribution in [1.29, 1.82) is 0 Å². The zero-order valence-electron chi connectivity index (χ0n) is 12.6. The maximum Gasteiger partial charge on any atom is 0.471 e. The average Bonchev–Trinajstić information content (AvgIpc) is 2.82. The van der Waals surface area contributed by atoms with Crippen molar-refractivity contribution in [1.82, 2.24) is 15.1 Å². The standard InChI is InChI=1S/C13H18F3N3O4/c1-8-7-23-12(22)19(8)9-2-4-18(5-3-9)10(20)6-17-11(21)13(14,15)16/h8-9H,2-7H2,1H3,(H,17,21). The number of ether oxygens (including phenoxy) is 1. The number of hydrogen-bond acceptors (Lipinski definition) is 4. The fourth-order valence-corrected chi connectivity index (χ4v) is 2.80. The van der Waals surface area contributed by atoms with Crippen molar-refractivity contribution in [3.8, 4) is 0 Å². The summed E-state index contributed by atoms with van der Waals surface area (Å²) >= 11 is 0. The summed E-state index contributed by atoms with van der Waals surface area (Å²) in [6.07, 6.45) is -4.32. The topological polar surface area (TPSA) is 79.0 Å². The molecular weight excluding hydrogens is 319 g/mol. The van der Waals surface area contributed by atoms with Gasteiger partial charge in [0.15, 0.2) is 0 Å². The third kappa shape index (κ3) is 4.05. The third-order valence-corrected chi connectivity index (χ3v) is 4.00. The smallest absolute Gasteiger partial charge is 0.447 e. The number of alkyl halides is 3. The minimum absolute atomic E-state index is 0.0270. The Labute approximate surface area is 130 Å². The summed E-state index contributed by atoms with van der Waals surface area (Å²) in [5, 5.41) is 1.56. The van der Waals surface area contributed by atoms with E-state index in [0.29, 0.717) is 32.5 Å². The molecular formula is C13H18F3N3O4. The van der Waals surface area contributed by atoms with Crippen molar-refractivity contribution in [2.75, 3.05) is 26.2 Å². The van der Waals surface area contributed by atoms with Crippen LogP contribution in [0.2, 0.25) is 0 Å². The van der Waals surface area contributed by atoms with E-state index in [2.05, 4.69) is 0 Å². The number of nitrogens with one attached hydrogen (secondary N) is 1. The molecule has 1 atom stereocenters. The molecule has 0 aliphatic carbocycles. The molecule has 0 aromatic carbocycles. The van der Waals surface area contributed by atoms with Crippen LogP contribution in [0.15, 0.2) is 0 Å². The van der Waals surface area contributed by atoms with Gasteiger partial charge in [0.05, 0.1) is 12.6 Å². The van der Waals surface area contributed by atoms with Crippen molar-refractivity contribution >= 4 is 17.9 Å². The third-order valence-electron chi connectivity index (χ3n) is 4.00. The van der Waals surface area contributed by atoms with Crippen molar-refractivity contribution in [3.63, 3.8) is 0 Å². The van der Waals surface area contributed by atoms with Crippen LogP contribution >= 0.6 is 0 Å². The van der Waals surface area contributed by atoms with Crippen molar-refractivity contribution in [2.45, 2.75) is 38.0 Å². The number of halogens is 3. The molecule has 0 bridgehead atoms. The predicted molar refractivity (Wildman–Crippen MR) is 71.3 cm³/mol. The molecule has 2 rings (SSSR count). The quantitative estimate of drug-likeness (QED) is 0.813. The van der Waals surface area contributed by atoms with Gasteiger partial charge in [-0.3, -0.25) is 14.5 Å². The van der Waals surface area contributed by atoms with Gasteiger partial charge < -0.3 is 15.0 Å². The zero-order valence-corrected chi connectivity index (χ0v) is 12.6. The van der Waals surface area contributed by atoms with E-state index < -0.39 is 24.5 Å². The van der Waals surface area contributed by atoms with Gasteiger partial charge in [0.25, 0.3) is 0 Å². The fourth-order valence-electron chi connectivity index (χ4n) is 2.80. The lowest BCUT2D eigenvalue weighted by molar-refractivity contribution is -0.174. The summed E-state index contributed by atoms with van der Waals surface area (Å²) in [6, 6.07) is -0.0744. The zero-order chi connectivity index (χ0) is 17.2. The molecule has 0 aromatic rings. The first-order valence-electron chi connectivity index (χ1n) is 7.28. The molecule has 10 heteroatoms. The van der Waals surface area contributed by atoms with Crippen LogP contribution in [-0.2, 0) is 14.3 Å². The van der Waals surface area contributed by atoms with E-state index in [9.17, 15) is 27.6 Å². The molecule has 1 N–H and O–H groups in total. The Morgan fingerprint density at radius 2 is 1.91 bits per heavy atom. The highest BCUT2D eigenvalue weighted by atomic mass is 19.4. The van der Waals surface area contributed by atoms with Crippen LogP contribution in [0.1, 0.15) is 19.8 Å². The lowest BCUT2D eigenvalue weighted by Crippen LogP contribution is -2.51. The molecule has 1 unspecified atom stereocenters. The lowest BCUT2D eigenvalue weighted by Gasteiger charge is -2.37. The van der Waals surface area contributed by atoms with Crippen LogP contribution in [0.25, 0.3) is 0 Å². The van der Waals surface area contributed by atoms with Crippen molar-refractivity contribution in [2.24, 2.45) is 0 Å². The number of amides is 3. The van der Waals surface area contributed by atoms with Gasteiger partial charge in [0, 0.05) is 19.1 Å². The molecule has 2 aliphatic heterocycles. The van der Waals surface area contributed by atoms with Gasteiger partial charge in [0.1, 0.15) is 6.61 Å². The maximum atomic E-state index is 12.1. The van der Waals surface area contributed by atoms with Gasteiger partial charge in [0.2, 0.25) is 5.91 Å². The minimum atomic E-state index is -5.00. The highest BCUT2D eigenvalue weighted by Gasteiger charge is 2.40. The summed E-state index contributed by atoms with van der Waals surface area (Å²) in [5.41, 5.74) is 0. The van der Waals surface area contributed by atoms with E-state index in [1.165, 1.54) is 4.90 Å². The SMILES string of the molecule is CC1COC(=O)N1C1CCN(C(=O)CNC(=O)C(F)(F)F)CC1. The number of carbonyl (C=O) groups is 3. The summed E-state index contributed by atoms with van der Waals surface area (Å²) in [4.78, 5) is 37.2. The summed E-state index contributed by atoms with van der Waals surface area (Å²) in [6.45, 7) is 2.16. The molecule has 3 amide bonds. The molecule has 2 saturated heterocycles. The average molecular weight is 337 g/mol. The summed E-state index contributed by atoms with van der Waals surface area (Å²) in [5.74, 6) is -2.70. The van der Waals surface area contributed by atoms with E-state index in [-0.39, 0.29) is 18.2 Å². The molecule has 0 aromatic heterocycles. The van der Waals surface area contributed by atoms with Crippen LogP contribution in [-0.4, -0.2) is 72.2 Å². The first-order valence-corrected chi connectivity index (χ1v) is 7.28. The number of likely N-dealkylation sites (tertiary alicyclic amines) is 1. The second-order valence-corrected chi connectivity index (χ2v) is 5.63. The number of rotatable bonds is 3. The highest BCUT2D eigenvalue weighted by Crippen LogP contribution is 2.23. The van der Waals surface area contributed by atoms with Crippen LogP contribution in [0.4, 0.5) is 18.0 Å². The van der Waals surface area contributed by atoms with Gasteiger partial charge in [-0.2, -0.15) is 13.2 Å². The number of hydrogen-bond donors (Lipinski definition) is 1. The van der Waals surface area contributed by atoms with Gasteiger partial charge in [-0.05, 0) is 19.8 Å². The van der Waals surface area contributed by atoms with Gasteiger partial charge in [-0.15, -0.1) is 0 Å². The predicted octanol–water partition coefficient (Wildman–Crippen LogP) is 0.497. The van der Waals surface area contributed by atoms with Gasteiger partial charge >= 0.3 is 18.2 Å².